The molecule has 0 saturated carbocycles. The Morgan fingerprint density at radius 1 is 0.649 bits per heavy atom. The molecule has 13 heteroatoms. The summed E-state index contributed by atoms with van der Waals surface area (Å²) in [5, 5.41) is 5.66. The lowest BCUT2D eigenvalue weighted by Gasteiger charge is -2.24. The molecule has 0 atom stereocenters. The van der Waals surface area contributed by atoms with Gasteiger partial charge in [-0.05, 0) is 75.9 Å². The van der Waals surface area contributed by atoms with Crippen LogP contribution in [0.5, 0.6) is 0 Å². The highest BCUT2D eigenvalue weighted by Crippen LogP contribution is 2.34. The van der Waals surface area contributed by atoms with Crippen LogP contribution >= 0.6 is 0 Å². The first-order valence-electron chi connectivity index (χ1n) is 10.9. The molecule has 1 aliphatic rings. The van der Waals surface area contributed by atoms with Gasteiger partial charge in [0.2, 0.25) is 11.6 Å². The number of benzene rings is 2. The molecule has 0 amide bonds. The third kappa shape index (κ3) is 5.16. The number of rotatable bonds is 6. The molecule has 11 nitrogen and oxygen atoms in total. The van der Waals surface area contributed by atoms with Crippen molar-refractivity contribution in [3.63, 3.8) is 0 Å². The maximum absolute atomic E-state index is 13.3. The molecule has 37 heavy (non-hydrogen) atoms. The fourth-order valence-electron chi connectivity index (χ4n) is 4.01. The van der Waals surface area contributed by atoms with Gasteiger partial charge in [-0.15, -0.1) is 0 Å². The molecule has 0 saturated heterocycles. The Balaban J connectivity index is 2.07. The second-order valence-electron chi connectivity index (χ2n) is 8.88. The van der Waals surface area contributed by atoms with E-state index in [0.717, 1.165) is 6.07 Å². The number of Topliss-reactive ketones (excluding diaryl/α,β-unsaturated/α-hetero) is 2. The van der Waals surface area contributed by atoms with Crippen molar-refractivity contribution < 1.29 is 35.5 Å². The van der Waals surface area contributed by atoms with Gasteiger partial charge < -0.3 is 16.4 Å². The second-order valence-corrected chi connectivity index (χ2v) is 11.7. The number of aryl methyl sites for hydroxylation is 2. The molecule has 0 aromatic heterocycles. The Bertz CT molecular complexity index is 1670. The minimum atomic E-state index is -4.66. The van der Waals surface area contributed by atoms with E-state index in [1.165, 1.54) is 32.9 Å². The van der Waals surface area contributed by atoms with Crippen LogP contribution in [0.3, 0.4) is 0 Å². The molecule has 0 unspecified atom stereocenters. The fraction of sp³-hybridized carbons (Fsp3) is 0.250. The van der Waals surface area contributed by atoms with Gasteiger partial charge in [0, 0.05) is 22.5 Å². The van der Waals surface area contributed by atoms with Gasteiger partial charge in [-0.2, -0.15) is 16.8 Å². The van der Waals surface area contributed by atoms with Gasteiger partial charge in [-0.3, -0.25) is 18.7 Å². The van der Waals surface area contributed by atoms with Crippen molar-refractivity contribution >= 4 is 48.9 Å². The molecule has 198 valence electrons. The zero-order valence-electron chi connectivity index (χ0n) is 21.0. The minimum Gasteiger partial charge on any atom is -0.397 e. The molecule has 0 aliphatic heterocycles. The van der Waals surface area contributed by atoms with Crippen LogP contribution in [0.15, 0.2) is 50.5 Å². The molecular formula is C24H27N3O8S2. The van der Waals surface area contributed by atoms with Crippen LogP contribution in [0.4, 0.5) is 17.1 Å². The molecular weight excluding hydrogens is 522 g/mol. The number of ketones is 2. The predicted octanol–water partition coefficient (Wildman–Crippen LogP) is 3.22. The number of carbonyl (C=O) groups is 2. The maximum Gasteiger partial charge on any atom is 0.296 e. The summed E-state index contributed by atoms with van der Waals surface area (Å²) in [7, 11) is -9.19. The lowest BCUT2D eigenvalue weighted by Crippen LogP contribution is -2.29. The van der Waals surface area contributed by atoms with Crippen molar-refractivity contribution in [1.82, 2.24) is 0 Å². The first-order valence-corrected chi connectivity index (χ1v) is 13.7. The Labute approximate surface area is 215 Å². The van der Waals surface area contributed by atoms with Crippen LogP contribution in [-0.4, -0.2) is 37.5 Å². The van der Waals surface area contributed by atoms with E-state index in [4.69, 9.17) is 5.73 Å². The molecule has 2 aromatic rings. The molecule has 2 aromatic carbocycles. The van der Waals surface area contributed by atoms with Crippen molar-refractivity contribution in [1.29, 1.82) is 0 Å². The second kappa shape index (κ2) is 9.41. The summed E-state index contributed by atoms with van der Waals surface area (Å²) in [6.45, 7) is 9.19. The third-order valence-corrected chi connectivity index (χ3v) is 8.28. The van der Waals surface area contributed by atoms with Crippen LogP contribution in [0.2, 0.25) is 0 Å². The molecule has 0 fully saturated rings. The predicted molar refractivity (Wildman–Crippen MR) is 139 cm³/mol. The topological polar surface area (TPSA) is 193 Å². The zero-order chi connectivity index (χ0) is 28.2. The van der Waals surface area contributed by atoms with Gasteiger partial charge in [0.25, 0.3) is 20.2 Å². The van der Waals surface area contributed by atoms with E-state index in [-0.39, 0.29) is 44.5 Å². The monoisotopic (exact) mass is 549 g/mol. The number of nitrogen functional groups attached to an aromatic ring is 1. The summed E-state index contributed by atoms with van der Waals surface area (Å²) in [4.78, 5) is 25.7. The summed E-state index contributed by atoms with van der Waals surface area (Å²) >= 11 is 0. The van der Waals surface area contributed by atoms with Gasteiger partial charge in [0.05, 0.1) is 22.0 Å². The van der Waals surface area contributed by atoms with Crippen molar-refractivity contribution in [2.45, 2.75) is 51.3 Å². The first kappa shape index (κ1) is 28.1. The first-order chi connectivity index (χ1) is 16.9. The zero-order valence-corrected chi connectivity index (χ0v) is 22.6. The van der Waals surface area contributed by atoms with Crippen LogP contribution in [-0.2, 0) is 29.8 Å². The average Bonchev–Trinajstić information content (AvgIpc) is 2.77. The normalized spacial score (nSPS) is 14.9. The summed E-state index contributed by atoms with van der Waals surface area (Å²) in [5.74, 6) is -1.13. The van der Waals surface area contributed by atoms with Gasteiger partial charge in [-0.25, -0.2) is 0 Å². The number of hydrogen-bond acceptors (Lipinski definition) is 9. The third-order valence-electron chi connectivity index (χ3n) is 6.39. The lowest BCUT2D eigenvalue weighted by molar-refractivity contribution is -0.116. The molecule has 0 heterocycles. The maximum atomic E-state index is 13.3. The van der Waals surface area contributed by atoms with E-state index < -0.39 is 36.7 Å². The lowest BCUT2D eigenvalue weighted by atomic mass is 9.91. The SMILES string of the molecule is CC1=C(Nc2cc(S(=O)(=O)O)c(C)cc2C)C(=O)C(C)=C(Nc2cc(S(=O)(=O)O)c(N)c(C)c2C)C1=O. The largest absolute Gasteiger partial charge is 0.397 e. The summed E-state index contributed by atoms with van der Waals surface area (Å²) in [5.41, 5.74) is 7.69. The van der Waals surface area contributed by atoms with E-state index in [9.17, 15) is 35.5 Å². The van der Waals surface area contributed by atoms with Crippen molar-refractivity contribution in [3.05, 3.63) is 63.0 Å². The Kier molecular flexibility index (Phi) is 7.14. The molecule has 0 bridgehead atoms. The number of carbonyl (C=O) groups excluding carboxylic acids is 2. The fourth-order valence-corrected chi connectivity index (χ4v) is 5.44. The highest BCUT2D eigenvalue weighted by atomic mass is 32.2. The van der Waals surface area contributed by atoms with Gasteiger partial charge in [-0.1, -0.05) is 6.07 Å². The van der Waals surface area contributed by atoms with E-state index >= 15 is 0 Å². The van der Waals surface area contributed by atoms with Crippen LogP contribution in [0, 0.1) is 27.7 Å². The Morgan fingerprint density at radius 3 is 1.54 bits per heavy atom. The van der Waals surface area contributed by atoms with Gasteiger partial charge in [0.1, 0.15) is 4.90 Å². The number of nitrogens with one attached hydrogen (secondary N) is 2. The number of nitrogens with two attached hydrogens (primary N) is 1. The molecule has 0 radical (unpaired) electrons. The van der Waals surface area contributed by atoms with Gasteiger partial charge in [0.15, 0.2) is 0 Å². The summed E-state index contributed by atoms with van der Waals surface area (Å²) in [6, 6.07) is 3.79. The quantitative estimate of drug-likeness (QED) is 0.202. The molecule has 1 aliphatic carbocycles. The standard InChI is InChI=1S/C24H27N3O8S2/c1-10-7-11(2)18(36(30,31)32)8-16(10)26-21-14(5)24(29)22(15(6)23(21)28)27-17-9-19(37(33,34)35)20(25)13(4)12(17)3/h7-9,26-27H,25H2,1-6H3,(H,30,31,32)(H,33,34,35). The smallest absolute Gasteiger partial charge is 0.296 e. The molecule has 6 N–H and O–H groups in total. The minimum absolute atomic E-state index is 0.0140. The number of hydrogen-bond donors (Lipinski definition) is 5. The van der Waals surface area contributed by atoms with E-state index in [2.05, 4.69) is 10.6 Å². The van der Waals surface area contributed by atoms with Crippen molar-refractivity contribution in [2.24, 2.45) is 0 Å². The molecule has 0 spiro atoms. The van der Waals surface area contributed by atoms with E-state index in [0.29, 0.717) is 22.3 Å². The molecule has 3 rings (SSSR count). The van der Waals surface area contributed by atoms with E-state index in [1.54, 1.807) is 20.8 Å². The summed E-state index contributed by atoms with van der Waals surface area (Å²) < 4.78 is 66.1. The Hall–Kier alpha value is -3.52. The average molecular weight is 550 g/mol. The van der Waals surface area contributed by atoms with Gasteiger partial charge >= 0.3 is 0 Å². The van der Waals surface area contributed by atoms with Crippen molar-refractivity contribution in [3.8, 4) is 0 Å². The van der Waals surface area contributed by atoms with Crippen molar-refractivity contribution in [2.75, 3.05) is 16.4 Å². The highest BCUT2D eigenvalue weighted by Gasteiger charge is 2.32. The van der Waals surface area contributed by atoms with Crippen LogP contribution < -0.4 is 16.4 Å². The summed E-state index contributed by atoms with van der Waals surface area (Å²) in [6.07, 6.45) is 0. The van der Waals surface area contributed by atoms with E-state index in [1.807, 2.05) is 0 Å². The highest BCUT2D eigenvalue weighted by molar-refractivity contribution is 7.86. The Morgan fingerprint density at radius 2 is 1.08 bits per heavy atom. The van der Waals surface area contributed by atoms with Crippen LogP contribution in [0.25, 0.3) is 0 Å². The number of anilines is 3. The van der Waals surface area contributed by atoms with Crippen LogP contribution in [0.1, 0.15) is 36.1 Å². The number of allylic oxidation sites excluding steroid dienone is 2.